The number of aromatic nitrogens is 2. The number of nitrogens with one attached hydrogen (secondary N) is 1. The van der Waals surface area contributed by atoms with E-state index in [1.54, 1.807) is 6.07 Å². The van der Waals surface area contributed by atoms with Crippen LogP contribution in [0.4, 0.5) is 11.4 Å². The number of hydrogen-bond donors (Lipinski definition) is 1. The van der Waals surface area contributed by atoms with Gasteiger partial charge in [-0.1, -0.05) is 25.0 Å². The Morgan fingerprint density at radius 1 is 1.08 bits per heavy atom. The first-order valence-corrected chi connectivity index (χ1v) is 9.68. The summed E-state index contributed by atoms with van der Waals surface area (Å²) in [6.45, 7) is 2.01. The number of imidazole rings is 1. The van der Waals surface area contributed by atoms with E-state index in [9.17, 15) is 10.1 Å². The van der Waals surface area contributed by atoms with Crippen LogP contribution in [0.2, 0.25) is 0 Å². The molecule has 1 N–H and O–H groups in total. The molecule has 1 saturated heterocycles. The highest BCUT2D eigenvalue weighted by Gasteiger charge is 2.19. The number of anilines is 1. The number of rotatable bonds is 4. The average molecular weight is 368 g/mol. The topological polar surface area (TPSA) is 75.1 Å². The Labute approximate surface area is 155 Å². The van der Waals surface area contributed by atoms with Crippen LogP contribution in [0.1, 0.15) is 25.7 Å². The lowest BCUT2D eigenvalue weighted by Crippen LogP contribution is -2.23. The molecule has 3 aromatic rings. The number of benzene rings is 2. The van der Waals surface area contributed by atoms with Crippen LogP contribution < -0.4 is 4.90 Å². The monoisotopic (exact) mass is 368 g/mol. The molecule has 0 spiro atoms. The zero-order chi connectivity index (χ0) is 17.9. The highest BCUT2D eigenvalue weighted by Crippen LogP contribution is 2.37. The summed E-state index contributed by atoms with van der Waals surface area (Å²) in [6.07, 6.45) is 4.85. The number of nitrogens with zero attached hydrogens (tertiary/aromatic N) is 3. The van der Waals surface area contributed by atoms with Crippen LogP contribution in [-0.2, 0) is 0 Å². The molecule has 0 radical (unpaired) electrons. The van der Waals surface area contributed by atoms with Crippen molar-refractivity contribution >= 4 is 34.2 Å². The predicted octanol–water partition coefficient (Wildman–Crippen LogP) is 5.00. The van der Waals surface area contributed by atoms with Gasteiger partial charge in [0.05, 0.1) is 20.9 Å². The molecule has 1 aromatic heterocycles. The molecule has 0 saturated carbocycles. The van der Waals surface area contributed by atoms with Crippen LogP contribution in [0.5, 0.6) is 0 Å². The largest absolute Gasteiger partial charge is 0.371 e. The second-order valence-electron chi connectivity index (χ2n) is 6.47. The fourth-order valence-electron chi connectivity index (χ4n) is 3.34. The lowest BCUT2D eigenvalue weighted by molar-refractivity contribution is -0.387. The summed E-state index contributed by atoms with van der Waals surface area (Å²) in [5.74, 6) is 0. The second-order valence-corrected chi connectivity index (χ2v) is 7.50. The van der Waals surface area contributed by atoms with E-state index >= 15 is 0 Å². The van der Waals surface area contributed by atoms with Gasteiger partial charge in [0.2, 0.25) is 0 Å². The first-order chi connectivity index (χ1) is 12.7. The van der Waals surface area contributed by atoms with Gasteiger partial charge in [0.25, 0.3) is 5.69 Å². The molecule has 7 heteroatoms. The van der Waals surface area contributed by atoms with Gasteiger partial charge in [0.15, 0.2) is 5.16 Å². The Hall–Kier alpha value is -2.54. The molecule has 2 aromatic carbocycles. The Balaban J connectivity index is 1.67. The molecular formula is C19H20N4O2S. The summed E-state index contributed by atoms with van der Waals surface area (Å²) in [5, 5.41) is 12.1. The van der Waals surface area contributed by atoms with Crippen molar-refractivity contribution in [2.24, 2.45) is 0 Å². The predicted molar refractivity (Wildman–Crippen MR) is 104 cm³/mol. The Kier molecular flexibility index (Phi) is 4.79. The highest BCUT2D eigenvalue weighted by atomic mass is 32.2. The fourth-order valence-corrected chi connectivity index (χ4v) is 4.28. The van der Waals surface area contributed by atoms with E-state index in [4.69, 9.17) is 0 Å². The van der Waals surface area contributed by atoms with Gasteiger partial charge >= 0.3 is 0 Å². The first-order valence-electron chi connectivity index (χ1n) is 8.87. The maximum Gasteiger partial charge on any atom is 0.283 e. The van der Waals surface area contributed by atoms with Crippen molar-refractivity contribution in [2.45, 2.75) is 35.7 Å². The number of fused-ring (bicyclic) bond motifs is 1. The molecule has 4 rings (SSSR count). The van der Waals surface area contributed by atoms with Crippen molar-refractivity contribution < 1.29 is 4.92 Å². The van der Waals surface area contributed by atoms with Crippen molar-refractivity contribution in [1.29, 1.82) is 0 Å². The van der Waals surface area contributed by atoms with Gasteiger partial charge in [0.1, 0.15) is 0 Å². The van der Waals surface area contributed by atoms with E-state index < -0.39 is 0 Å². The summed E-state index contributed by atoms with van der Waals surface area (Å²) >= 11 is 1.32. The van der Waals surface area contributed by atoms with Crippen molar-refractivity contribution in [2.75, 3.05) is 18.0 Å². The van der Waals surface area contributed by atoms with Gasteiger partial charge in [-0.25, -0.2) is 4.98 Å². The Bertz CT molecular complexity index is 899. The number of nitro groups is 1. The number of nitro benzene ring substituents is 1. The summed E-state index contributed by atoms with van der Waals surface area (Å²) < 4.78 is 0. The smallest absolute Gasteiger partial charge is 0.283 e. The lowest BCUT2D eigenvalue weighted by Gasteiger charge is -2.23. The summed E-state index contributed by atoms with van der Waals surface area (Å²) in [6, 6.07) is 13.2. The third-order valence-electron chi connectivity index (χ3n) is 4.69. The first kappa shape index (κ1) is 16.9. The maximum absolute atomic E-state index is 11.5. The molecule has 0 aliphatic carbocycles. The fraction of sp³-hybridized carbons (Fsp3) is 0.316. The van der Waals surface area contributed by atoms with Gasteiger partial charge in [-0.15, -0.1) is 0 Å². The number of para-hydroxylation sites is 2. The molecule has 0 atom stereocenters. The molecule has 1 aliphatic heterocycles. The van der Waals surface area contributed by atoms with E-state index in [-0.39, 0.29) is 10.6 Å². The third-order valence-corrected chi connectivity index (χ3v) is 5.62. The number of aromatic amines is 1. The van der Waals surface area contributed by atoms with Crippen LogP contribution >= 0.6 is 11.8 Å². The van der Waals surface area contributed by atoms with E-state index in [1.807, 2.05) is 36.4 Å². The average Bonchev–Trinajstić information content (AvgIpc) is 2.85. The normalized spacial score (nSPS) is 15.2. The third kappa shape index (κ3) is 3.53. The Morgan fingerprint density at radius 3 is 2.58 bits per heavy atom. The maximum atomic E-state index is 11.5. The zero-order valence-electron chi connectivity index (χ0n) is 14.4. The van der Waals surface area contributed by atoms with Gasteiger partial charge in [-0.3, -0.25) is 10.1 Å². The van der Waals surface area contributed by atoms with Crippen LogP contribution in [-0.4, -0.2) is 28.0 Å². The van der Waals surface area contributed by atoms with Crippen molar-refractivity contribution in [1.82, 2.24) is 9.97 Å². The van der Waals surface area contributed by atoms with Crippen LogP contribution in [0.25, 0.3) is 11.0 Å². The molecule has 26 heavy (non-hydrogen) atoms. The van der Waals surface area contributed by atoms with Gasteiger partial charge in [-0.05, 0) is 48.9 Å². The van der Waals surface area contributed by atoms with Crippen LogP contribution in [0, 0.1) is 10.1 Å². The highest BCUT2D eigenvalue weighted by molar-refractivity contribution is 7.99. The van der Waals surface area contributed by atoms with Gasteiger partial charge < -0.3 is 9.88 Å². The molecule has 6 nitrogen and oxygen atoms in total. The van der Waals surface area contributed by atoms with Crippen molar-refractivity contribution in [3.8, 4) is 0 Å². The molecule has 1 fully saturated rings. The minimum atomic E-state index is -0.322. The quantitative estimate of drug-likeness (QED) is 0.518. The van der Waals surface area contributed by atoms with E-state index in [0.29, 0.717) is 10.1 Å². The SMILES string of the molecule is O=[N+]([O-])c1ccc(N2CCCCCC2)cc1Sc1nc2ccccc2[nH]1. The summed E-state index contributed by atoms with van der Waals surface area (Å²) in [7, 11) is 0. The molecule has 134 valence electrons. The lowest BCUT2D eigenvalue weighted by atomic mass is 10.2. The molecular weight excluding hydrogens is 348 g/mol. The molecule has 2 heterocycles. The standard InChI is InChI=1S/C19H20N4O2S/c24-23(25)17-10-9-14(22-11-5-1-2-6-12-22)13-18(17)26-19-20-15-7-3-4-8-16(15)21-19/h3-4,7-10,13H,1-2,5-6,11-12H2,(H,20,21). The number of H-pyrrole nitrogens is 1. The van der Waals surface area contributed by atoms with Crippen molar-refractivity contribution in [3.63, 3.8) is 0 Å². The van der Waals surface area contributed by atoms with Crippen LogP contribution in [0.3, 0.4) is 0 Å². The van der Waals surface area contributed by atoms with E-state index in [0.717, 1.165) is 29.8 Å². The second kappa shape index (κ2) is 7.37. The number of hydrogen-bond acceptors (Lipinski definition) is 5. The molecule has 0 amide bonds. The van der Waals surface area contributed by atoms with E-state index in [1.165, 1.54) is 37.4 Å². The minimum absolute atomic E-state index is 0.119. The summed E-state index contributed by atoms with van der Waals surface area (Å²) in [4.78, 5) is 21.9. The van der Waals surface area contributed by atoms with Crippen LogP contribution in [0.15, 0.2) is 52.5 Å². The summed E-state index contributed by atoms with van der Waals surface area (Å²) in [5.41, 5.74) is 2.97. The van der Waals surface area contributed by atoms with E-state index in [2.05, 4.69) is 14.9 Å². The molecule has 0 unspecified atom stereocenters. The molecule has 1 aliphatic rings. The van der Waals surface area contributed by atoms with Gasteiger partial charge in [0, 0.05) is 24.8 Å². The Morgan fingerprint density at radius 2 is 1.85 bits per heavy atom. The zero-order valence-corrected chi connectivity index (χ0v) is 15.2. The minimum Gasteiger partial charge on any atom is -0.371 e. The van der Waals surface area contributed by atoms with Gasteiger partial charge in [-0.2, -0.15) is 0 Å². The molecule has 0 bridgehead atoms. The van der Waals surface area contributed by atoms with Crippen molar-refractivity contribution in [3.05, 3.63) is 52.6 Å².